The molecular weight excluding hydrogens is 358 g/mol. The van der Waals surface area contributed by atoms with Gasteiger partial charge in [-0.25, -0.2) is 0 Å². The van der Waals surface area contributed by atoms with Crippen molar-refractivity contribution in [2.24, 2.45) is 10.9 Å². The van der Waals surface area contributed by atoms with E-state index in [9.17, 15) is 0 Å². The highest BCUT2D eigenvalue weighted by Gasteiger charge is 2.20. The Morgan fingerprint density at radius 3 is 2.96 bits per heavy atom. The standard InChI is InChI=1S/C19H37N7O2/c1-5-18-24-23-15-26(18)8-6-20-19(21-7-10-27-4)22-12-17-14-25(9-11-28-17)13-16(2)3/h15-17H,5-14H2,1-4H3,(H2,20,21,22). The van der Waals surface area contributed by atoms with Gasteiger partial charge < -0.3 is 24.7 Å². The van der Waals surface area contributed by atoms with E-state index in [0.29, 0.717) is 25.6 Å². The molecule has 1 aliphatic rings. The van der Waals surface area contributed by atoms with Crippen LogP contribution in [0.25, 0.3) is 0 Å². The number of nitrogens with zero attached hydrogens (tertiary/aromatic N) is 5. The zero-order valence-electron chi connectivity index (χ0n) is 17.9. The highest BCUT2D eigenvalue weighted by molar-refractivity contribution is 5.79. The molecule has 0 saturated carbocycles. The number of hydrogen-bond donors (Lipinski definition) is 2. The second-order valence-electron chi connectivity index (χ2n) is 7.48. The summed E-state index contributed by atoms with van der Waals surface area (Å²) in [4.78, 5) is 7.21. The van der Waals surface area contributed by atoms with Crippen LogP contribution in [0.15, 0.2) is 11.3 Å². The van der Waals surface area contributed by atoms with E-state index in [1.54, 1.807) is 13.4 Å². The van der Waals surface area contributed by atoms with Crippen molar-refractivity contribution in [3.05, 3.63) is 12.2 Å². The van der Waals surface area contributed by atoms with Gasteiger partial charge in [-0.2, -0.15) is 0 Å². The van der Waals surface area contributed by atoms with E-state index in [4.69, 9.17) is 14.5 Å². The molecule has 0 bridgehead atoms. The van der Waals surface area contributed by atoms with E-state index in [1.807, 2.05) is 0 Å². The lowest BCUT2D eigenvalue weighted by atomic mass is 10.2. The van der Waals surface area contributed by atoms with Gasteiger partial charge in [0.15, 0.2) is 5.96 Å². The average Bonchev–Trinajstić information content (AvgIpc) is 3.13. The fourth-order valence-corrected chi connectivity index (χ4v) is 3.25. The SMILES string of the molecule is CCc1nncn1CCNC(=NCC1CN(CC(C)C)CCO1)NCCOC. The van der Waals surface area contributed by atoms with Gasteiger partial charge in [0.1, 0.15) is 12.2 Å². The van der Waals surface area contributed by atoms with Crippen molar-refractivity contribution in [2.45, 2.75) is 39.8 Å². The number of ether oxygens (including phenoxy) is 2. The Morgan fingerprint density at radius 1 is 1.39 bits per heavy atom. The molecule has 1 fully saturated rings. The third kappa shape index (κ3) is 8.12. The Bertz CT molecular complexity index is 576. The molecule has 1 aromatic heterocycles. The van der Waals surface area contributed by atoms with Crippen molar-refractivity contribution in [1.82, 2.24) is 30.3 Å². The highest BCUT2D eigenvalue weighted by Crippen LogP contribution is 2.08. The number of aliphatic imine (C=N–C) groups is 1. The molecule has 0 spiro atoms. The minimum absolute atomic E-state index is 0.137. The molecule has 0 aliphatic carbocycles. The minimum atomic E-state index is 0.137. The fourth-order valence-electron chi connectivity index (χ4n) is 3.25. The van der Waals surface area contributed by atoms with Crippen LogP contribution < -0.4 is 10.6 Å². The maximum Gasteiger partial charge on any atom is 0.191 e. The quantitative estimate of drug-likeness (QED) is 0.318. The molecule has 28 heavy (non-hydrogen) atoms. The summed E-state index contributed by atoms with van der Waals surface area (Å²) in [6, 6.07) is 0. The van der Waals surface area contributed by atoms with Crippen LogP contribution in [0, 0.1) is 5.92 Å². The summed E-state index contributed by atoms with van der Waals surface area (Å²) in [7, 11) is 1.70. The topological polar surface area (TPSA) is 88.8 Å². The summed E-state index contributed by atoms with van der Waals surface area (Å²) >= 11 is 0. The molecule has 2 N–H and O–H groups in total. The van der Waals surface area contributed by atoms with Crippen LogP contribution in [0.1, 0.15) is 26.6 Å². The molecule has 9 nitrogen and oxygen atoms in total. The largest absolute Gasteiger partial charge is 0.383 e. The predicted molar refractivity (Wildman–Crippen MR) is 111 cm³/mol. The number of morpholine rings is 1. The summed E-state index contributed by atoms with van der Waals surface area (Å²) in [6.07, 6.45) is 2.78. The Kier molecular flexibility index (Phi) is 10.2. The summed E-state index contributed by atoms with van der Waals surface area (Å²) < 4.78 is 13.1. The fraction of sp³-hybridized carbons (Fsp3) is 0.842. The minimum Gasteiger partial charge on any atom is -0.383 e. The maximum absolute atomic E-state index is 5.91. The Balaban J connectivity index is 1.84. The molecule has 2 rings (SSSR count). The molecule has 1 aromatic rings. The number of nitrogens with one attached hydrogen (secondary N) is 2. The molecule has 0 aromatic carbocycles. The molecule has 160 valence electrons. The van der Waals surface area contributed by atoms with Gasteiger partial charge in [0, 0.05) is 52.8 Å². The first-order valence-electron chi connectivity index (χ1n) is 10.3. The summed E-state index contributed by atoms with van der Waals surface area (Å²) in [6.45, 7) is 14.0. The van der Waals surface area contributed by atoms with Gasteiger partial charge in [0.05, 0.1) is 25.9 Å². The van der Waals surface area contributed by atoms with Gasteiger partial charge in [-0.3, -0.25) is 9.89 Å². The molecule has 9 heteroatoms. The zero-order chi connectivity index (χ0) is 20.2. The summed E-state index contributed by atoms with van der Waals surface area (Å²) in [5.41, 5.74) is 0. The van der Waals surface area contributed by atoms with E-state index in [1.165, 1.54) is 0 Å². The van der Waals surface area contributed by atoms with Crippen molar-refractivity contribution in [1.29, 1.82) is 0 Å². The lowest BCUT2D eigenvalue weighted by Gasteiger charge is -2.33. The first-order chi connectivity index (χ1) is 13.6. The van der Waals surface area contributed by atoms with E-state index in [-0.39, 0.29) is 6.10 Å². The van der Waals surface area contributed by atoms with Crippen molar-refractivity contribution in [3.8, 4) is 0 Å². The lowest BCUT2D eigenvalue weighted by Crippen LogP contribution is -2.46. The van der Waals surface area contributed by atoms with Gasteiger partial charge in [-0.1, -0.05) is 20.8 Å². The molecule has 2 heterocycles. The Morgan fingerprint density at radius 2 is 2.21 bits per heavy atom. The number of aryl methyl sites for hydroxylation is 1. The predicted octanol–water partition coefficient (Wildman–Crippen LogP) is 0.379. The number of methoxy groups -OCH3 is 1. The van der Waals surface area contributed by atoms with Crippen molar-refractivity contribution >= 4 is 5.96 Å². The average molecular weight is 396 g/mol. The summed E-state index contributed by atoms with van der Waals surface area (Å²) in [5, 5.41) is 14.8. The Hall–Kier alpha value is -1.71. The monoisotopic (exact) mass is 395 g/mol. The van der Waals surface area contributed by atoms with E-state index >= 15 is 0 Å². The lowest BCUT2D eigenvalue weighted by molar-refractivity contribution is -0.0261. The molecule has 0 amide bonds. The smallest absolute Gasteiger partial charge is 0.191 e. The van der Waals surface area contributed by atoms with Crippen LogP contribution in [-0.2, 0) is 22.4 Å². The number of rotatable bonds is 11. The van der Waals surface area contributed by atoms with Gasteiger partial charge in [0.2, 0.25) is 0 Å². The first kappa shape index (κ1) is 22.6. The summed E-state index contributed by atoms with van der Waals surface area (Å²) in [5.74, 6) is 2.45. The number of hydrogen-bond acceptors (Lipinski definition) is 6. The maximum atomic E-state index is 5.91. The normalized spacial score (nSPS) is 18.6. The van der Waals surface area contributed by atoms with Crippen molar-refractivity contribution in [2.75, 3.05) is 59.6 Å². The Labute approximate surface area is 168 Å². The highest BCUT2D eigenvalue weighted by atomic mass is 16.5. The van der Waals surface area contributed by atoms with Crippen LogP contribution in [-0.4, -0.2) is 91.3 Å². The second kappa shape index (κ2) is 12.7. The van der Waals surface area contributed by atoms with Crippen molar-refractivity contribution in [3.63, 3.8) is 0 Å². The van der Waals surface area contributed by atoms with Crippen LogP contribution in [0.3, 0.4) is 0 Å². The molecular formula is C19H37N7O2. The zero-order valence-corrected chi connectivity index (χ0v) is 17.9. The van der Waals surface area contributed by atoms with E-state index < -0.39 is 0 Å². The van der Waals surface area contributed by atoms with Gasteiger partial charge >= 0.3 is 0 Å². The van der Waals surface area contributed by atoms with Crippen molar-refractivity contribution < 1.29 is 9.47 Å². The third-order valence-electron chi connectivity index (χ3n) is 4.56. The molecule has 0 radical (unpaired) electrons. The van der Waals surface area contributed by atoms with Crippen LogP contribution in [0.2, 0.25) is 0 Å². The number of aromatic nitrogens is 3. The van der Waals surface area contributed by atoms with E-state index in [0.717, 1.165) is 57.5 Å². The molecule has 1 saturated heterocycles. The van der Waals surface area contributed by atoms with Crippen LogP contribution in [0.5, 0.6) is 0 Å². The van der Waals surface area contributed by atoms with Gasteiger partial charge in [0.25, 0.3) is 0 Å². The van der Waals surface area contributed by atoms with Gasteiger partial charge in [-0.15, -0.1) is 10.2 Å². The molecule has 1 unspecified atom stereocenters. The molecule has 1 atom stereocenters. The number of guanidine groups is 1. The third-order valence-corrected chi connectivity index (χ3v) is 4.56. The van der Waals surface area contributed by atoms with Crippen LogP contribution >= 0.6 is 0 Å². The van der Waals surface area contributed by atoms with E-state index in [2.05, 4.69) is 51.1 Å². The first-order valence-corrected chi connectivity index (χ1v) is 10.3. The second-order valence-corrected chi connectivity index (χ2v) is 7.48. The van der Waals surface area contributed by atoms with Crippen LogP contribution in [0.4, 0.5) is 0 Å². The molecule has 1 aliphatic heterocycles. The van der Waals surface area contributed by atoms with Gasteiger partial charge in [-0.05, 0) is 5.92 Å².